The van der Waals surface area contributed by atoms with Crippen molar-refractivity contribution in [2.75, 3.05) is 20.3 Å². The number of carboxylic acid groups (broad SMARTS) is 1. The number of hydrogen-bond donors (Lipinski definition) is 1. The Morgan fingerprint density at radius 2 is 1.68 bits per heavy atom. The highest BCUT2D eigenvalue weighted by Crippen LogP contribution is 2.28. The minimum atomic E-state index is -0.997. The van der Waals surface area contributed by atoms with Crippen LogP contribution in [0.25, 0.3) is 6.08 Å². The van der Waals surface area contributed by atoms with Gasteiger partial charge in [-0.15, -0.1) is 0 Å². The van der Waals surface area contributed by atoms with E-state index in [0.717, 1.165) is 23.0 Å². The molecule has 5 nitrogen and oxygen atoms in total. The fourth-order valence-corrected chi connectivity index (χ4v) is 2.34. The molecular weight excluding hydrogens is 320 g/mol. The molecule has 0 radical (unpaired) electrons. The predicted molar refractivity (Wildman–Crippen MR) is 96.6 cm³/mol. The summed E-state index contributed by atoms with van der Waals surface area (Å²) in [4.78, 5) is 10.6. The number of carboxylic acids is 1. The maximum absolute atomic E-state index is 10.6. The predicted octanol–water partition coefficient (Wildman–Crippen LogP) is 3.87. The molecule has 2 aromatic rings. The van der Waals surface area contributed by atoms with Crippen LogP contribution in [0.15, 0.2) is 42.5 Å². The average Bonchev–Trinajstić information content (AvgIpc) is 2.58. The SMILES string of the molecule is COc1cc(/C=C\C(=O)O)ccc1OCCOc1ccc(C)cc1C. The molecule has 0 saturated carbocycles. The molecule has 0 aliphatic carbocycles. The van der Waals surface area contributed by atoms with Crippen molar-refractivity contribution in [3.63, 3.8) is 0 Å². The molecule has 132 valence electrons. The summed E-state index contributed by atoms with van der Waals surface area (Å²) in [5, 5.41) is 8.67. The van der Waals surface area contributed by atoms with Gasteiger partial charge in [-0.25, -0.2) is 4.79 Å². The zero-order chi connectivity index (χ0) is 18.2. The molecule has 25 heavy (non-hydrogen) atoms. The van der Waals surface area contributed by atoms with Crippen LogP contribution in [0.3, 0.4) is 0 Å². The summed E-state index contributed by atoms with van der Waals surface area (Å²) in [6.45, 7) is 4.83. The first kappa shape index (κ1) is 18.4. The van der Waals surface area contributed by atoms with Gasteiger partial charge in [0.25, 0.3) is 0 Å². The number of ether oxygens (including phenoxy) is 3. The zero-order valence-corrected chi connectivity index (χ0v) is 14.6. The van der Waals surface area contributed by atoms with Crippen LogP contribution in [0.1, 0.15) is 16.7 Å². The summed E-state index contributed by atoms with van der Waals surface area (Å²) in [6, 6.07) is 11.3. The van der Waals surface area contributed by atoms with Crippen molar-refractivity contribution in [2.24, 2.45) is 0 Å². The zero-order valence-electron chi connectivity index (χ0n) is 14.6. The summed E-state index contributed by atoms with van der Waals surface area (Å²) in [5.74, 6) is 0.969. The minimum absolute atomic E-state index is 0.369. The van der Waals surface area contributed by atoms with Gasteiger partial charge in [0.05, 0.1) is 7.11 Å². The second kappa shape index (κ2) is 8.78. The highest BCUT2D eigenvalue weighted by atomic mass is 16.5. The van der Waals surface area contributed by atoms with Gasteiger partial charge in [-0.2, -0.15) is 0 Å². The Hall–Kier alpha value is -2.95. The third-order valence-electron chi connectivity index (χ3n) is 3.53. The fraction of sp³-hybridized carbons (Fsp3) is 0.250. The van der Waals surface area contributed by atoms with E-state index in [-0.39, 0.29) is 0 Å². The third kappa shape index (κ3) is 5.57. The number of carbonyl (C=O) groups is 1. The van der Waals surface area contributed by atoms with E-state index in [1.54, 1.807) is 25.3 Å². The van der Waals surface area contributed by atoms with Gasteiger partial charge in [0, 0.05) is 6.08 Å². The van der Waals surface area contributed by atoms with Gasteiger partial charge in [0.2, 0.25) is 0 Å². The van der Waals surface area contributed by atoms with Gasteiger partial charge < -0.3 is 19.3 Å². The second-order valence-corrected chi connectivity index (χ2v) is 5.55. The molecule has 0 amide bonds. The average molecular weight is 342 g/mol. The summed E-state index contributed by atoms with van der Waals surface area (Å²) in [7, 11) is 1.54. The van der Waals surface area contributed by atoms with Crippen LogP contribution >= 0.6 is 0 Å². The molecule has 0 aliphatic rings. The lowest BCUT2D eigenvalue weighted by Crippen LogP contribution is -2.10. The van der Waals surface area contributed by atoms with Gasteiger partial charge in [-0.05, 0) is 49.2 Å². The Labute approximate surface area is 147 Å². The van der Waals surface area contributed by atoms with E-state index < -0.39 is 5.97 Å². The molecule has 0 aromatic heterocycles. The van der Waals surface area contributed by atoms with E-state index in [1.807, 2.05) is 26.0 Å². The molecule has 0 bridgehead atoms. The van der Waals surface area contributed by atoms with E-state index in [4.69, 9.17) is 19.3 Å². The van der Waals surface area contributed by atoms with Crippen LogP contribution in [0.2, 0.25) is 0 Å². The van der Waals surface area contributed by atoms with E-state index in [0.29, 0.717) is 24.7 Å². The van der Waals surface area contributed by atoms with Crippen LogP contribution in [0.4, 0.5) is 0 Å². The van der Waals surface area contributed by atoms with Crippen LogP contribution in [-0.2, 0) is 4.79 Å². The molecular formula is C20H22O5. The number of aliphatic carboxylic acids is 1. The Kier molecular flexibility index (Phi) is 6.46. The number of hydrogen-bond acceptors (Lipinski definition) is 4. The maximum atomic E-state index is 10.6. The van der Waals surface area contributed by atoms with Gasteiger partial charge >= 0.3 is 5.97 Å². The van der Waals surface area contributed by atoms with Crippen LogP contribution in [0, 0.1) is 13.8 Å². The van der Waals surface area contributed by atoms with Crippen molar-refractivity contribution in [3.8, 4) is 17.2 Å². The van der Waals surface area contributed by atoms with Crippen molar-refractivity contribution in [2.45, 2.75) is 13.8 Å². The van der Waals surface area contributed by atoms with Gasteiger partial charge in [0.1, 0.15) is 19.0 Å². The molecule has 0 atom stereocenters. The topological polar surface area (TPSA) is 65.0 Å². The van der Waals surface area contributed by atoms with Gasteiger partial charge in [0.15, 0.2) is 11.5 Å². The first-order valence-electron chi connectivity index (χ1n) is 7.91. The lowest BCUT2D eigenvalue weighted by molar-refractivity contribution is -0.131. The van der Waals surface area contributed by atoms with Crippen LogP contribution < -0.4 is 14.2 Å². The standard InChI is InChI=1S/C20H22O5/c1-14-4-7-17(15(2)12-14)24-10-11-25-18-8-5-16(6-9-20(21)22)13-19(18)23-3/h4-9,12-13H,10-11H2,1-3H3,(H,21,22)/b9-6-. The quantitative estimate of drug-likeness (QED) is 0.583. The minimum Gasteiger partial charge on any atom is -0.493 e. The van der Waals surface area contributed by atoms with Crippen LogP contribution in [-0.4, -0.2) is 31.4 Å². The number of aryl methyl sites for hydroxylation is 2. The van der Waals surface area contributed by atoms with Crippen LogP contribution in [0.5, 0.6) is 17.2 Å². The Morgan fingerprint density at radius 1 is 1.00 bits per heavy atom. The number of rotatable bonds is 8. The fourth-order valence-electron chi connectivity index (χ4n) is 2.34. The highest BCUT2D eigenvalue weighted by molar-refractivity contribution is 5.85. The molecule has 0 spiro atoms. The summed E-state index contributed by atoms with van der Waals surface area (Å²) < 4.78 is 16.7. The summed E-state index contributed by atoms with van der Waals surface area (Å²) in [5.41, 5.74) is 3.01. The molecule has 2 rings (SSSR count). The van der Waals surface area contributed by atoms with Gasteiger partial charge in [-0.1, -0.05) is 23.8 Å². The Bertz CT molecular complexity index is 765. The molecule has 2 aromatic carbocycles. The molecule has 0 unspecified atom stereocenters. The smallest absolute Gasteiger partial charge is 0.328 e. The van der Waals surface area contributed by atoms with Crippen molar-refractivity contribution >= 4 is 12.0 Å². The molecule has 0 fully saturated rings. The maximum Gasteiger partial charge on any atom is 0.328 e. The van der Waals surface area contributed by atoms with Crippen molar-refractivity contribution < 1.29 is 24.1 Å². The molecule has 5 heteroatoms. The Balaban J connectivity index is 1.92. The van der Waals surface area contributed by atoms with Crippen molar-refractivity contribution in [1.82, 2.24) is 0 Å². The molecule has 0 heterocycles. The first-order valence-corrected chi connectivity index (χ1v) is 7.91. The number of benzene rings is 2. The Morgan fingerprint density at radius 3 is 2.32 bits per heavy atom. The highest BCUT2D eigenvalue weighted by Gasteiger charge is 2.06. The van der Waals surface area contributed by atoms with E-state index in [1.165, 1.54) is 11.6 Å². The molecule has 0 saturated heterocycles. The van der Waals surface area contributed by atoms with Gasteiger partial charge in [-0.3, -0.25) is 0 Å². The van der Waals surface area contributed by atoms with E-state index in [9.17, 15) is 4.79 Å². The van der Waals surface area contributed by atoms with E-state index >= 15 is 0 Å². The summed E-state index contributed by atoms with van der Waals surface area (Å²) >= 11 is 0. The first-order chi connectivity index (χ1) is 12.0. The second-order valence-electron chi connectivity index (χ2n) is 5.55. The molecule has 0 aliphatic heterocycles. The molecule has 1 N–H and O–H groups in total. The monoisotopic (exact) mass is 342 g/mol. The third-order valence-corrected chi connectivity index (χ3v) is 3.53. The summed E-state index contributed by atoms with van der Waals surface area (Å²) in [6.07, 6.45) is 2.57. The van der Waals surface area contributed by atoms with Crippen molar-refractivity contribution in [3.05, 3.63) is 59.2 Å². The lowest BCUT2D eigenvalue weighted by atomic mass is 10.1. The number of methoxy groups -OCH3 is 1. The van der Waals surface area contributed by atoms with Crippen molar-refractivity contribution in [1.29, 1.82) is 0 Å². The largest absolute Gasteiger partial charge is 0.493 e. The normalized spacial score (nSPS) is 10.7. The van der Waals surface area contributed by atoms with E-state index in [2.05, 4.69) is 6.07 Å². The lowest BCUT2D eigenvalue weighted by Gasteiger charge is -2.13.